The molecule has 2 fully saturated rings. The molecule has 1 aliphatic carbocycles. The number of nitrogens with zero attached hydrogens (tertiary/aromatic N) is 4. The summed E-state index contributed by atoms with van der Waals surface area (Å²) >= 11 is 0. The molecular formula is C36H33N4NaO5. The molecule has 0 atom stereocenters. The van der Waals surface area contributed by atoms with Crippen LogP contribution in [-0.4, -0.2) is 60.7 Å². The molecule has 8 rings (SSSR count). The summed E-state index contributed by atoms with van der Waals surface area (Å²) in [4.78, 5) is 40.7. The quantitative estimate of drug-likeness (QED) is 0.300. The van der Waals surface area contributed by atoms with Crippen molar-refractivity contribution in [3.05, 3.63) is 95.9 Å². The Labute approximate surface area is 289 Å². The first kappa shape index (κ1) is 30.5. The number of carboxylic acid groups (broad SMARTS) is 1. The van der Waals surface area contributed by atoms with Crippen molar-refractivity contribution in [2.45, 2.75) is 43.7 Å². The Morgan fingerprint density at radius 2 is 1.67 bits per heavy atom. The Kier molecular flexibility index (Phi) is 7.66. The van der Waals surface area contributed by atoms with E-state index >= 15 is 0 Å². The number of likely N-dealkylation sites (tertiary alicyclic amines) is 1. The summed E-state index contributed by atoms with van der Waals surface area (Å²) in [5.41, 5.74) is 5.45. The van der Waals surface area contributed by atoms with Crippen LogP contribution in [0.5, 0.6) is 5.75 Å². The molecule has 0 unspecified atom stereocenters. The maximum atomic E-state index is 14.0. The van der Waals surface area contributed by atoms with E-state index in [0.29, 0.717) is 48.8 Å². The van der Waals surface area contributed by atoms with E-state index in [1.807, 2.05) is 48.5 Å². The van der Waals surface area contributed by atoms with Gasteiger partial charge in [0.15, 0.2) is 5.78 Å². The first-order valence-corrected chi connectivity index (χ1v) is 15.4. The van der Waals surface area contributed by atoms with Crippen LogP contribution in [0, 0.1) is 0 Å². The van der Waals surface area contributed by atoms with Gasteiger partial charge in [0.1, 0.15) is 11.4 Å². The molecule has 1 spiro atoms. The van der Waals surface area contributed by atoms with E-state index in [1.165, 1.54) is 0 Å². The van der Waals surface area contributed by atoms with E-state index in [2.05, 4.69) is 21.9 Å². The smallest absolute Gasteiger partial charge is 1.00 e. The number of hydrogen-bond acceptors (Lipinski definition) is 5. The zero-order valence-electron chi connectivity index (χ0n) is 26.9. The second-order valence-corrected chi connectivity index (χ2v) is 12.6. The number of aromatic carboxylic acids is 1. The first-order valence-electron chi connectivity index (χ1n) is 15.4. The minimum atomic E-state index is -0.972. The van der Waals surface area contributed by atoms with Crippen LogP contribution in [0.15, 0.2) is 79.3 Å². The second kappa shape index (κ2) is 11.6. The van der Waals surface area contributed by atoms with Gasteiger partial charge < -0.3 is 20.7 Å². The van der Waals surface area contributed by atoms with Gasteiger partial charge in [0, 0.05) is 73.4 Å². The van der Waals surface area contributed by atoms with Gasteiger partial charge in [-0.3, -0.25) is 14.3 Å². The third-order valence-corrected chi connectivity index (χ3v) is 9.56. The minimum absolute atomic E-state index is 0. The van der Waals surface area contributed by atoms with E-state index in [0.717, 1.165) is 46.0 Å². The van der Waals surface area contributed by atoms with Crippen LogP contribution in [0.4, 0.5) is 0 Å². The van der Waals surface area contributed by atoms with Crippen LogP contribution in [0.2, 0.25) is 0 Å². The van der Waals surface area contributed by atoms with Crippen LogP contribution < -0.4 is 34.3 Å². The van der Waals surface area contributed by atoms with E-state index in [4.69, 9.17) is 4.74 Å². The predicted molar refractivity (Wildman–Crippen MR) is 170 cm³/mol. The van der Waals surface area contributed by atoms with Gasteiger partial charge in [-0.15, -0.1) is 0 Å². The molecule has 1 saturated carbocycles. The monoisotopic (exact) mass is 624 g/mol. The van der Waals surface area contributed by atoms with Crippen molar-refractivity contribution in [3.63, 3.8) is 0 Å². The number of ether oxygens (including phenoxy) is 1. The number of carbonyl (C=O) groups excluding carboxylic acids is 2. The minimum Gasteiger partial charge on any atom is -1.00 e. The van der Waals surface area contributed by atoms with Crippen molar-refractivity contribution >= 4 is 28.6 Å². The summed E-state index contributed by atoms with van der Waals surface area (Å²) in [7, 11) is 1.86. The molecule has 9 nitrogen and oxygen atoms in total. The van der Waals surface area contributed by atoms with E-state index < -0.39 is 11.6 Å². The summed E-state index contributed by atoms with van der Waals surface area (Å²) in [5, 5.41) is 14.7. The van der Waals surface area contributed by atoms with Gasteiger partial charge in [-0.05, 0) is 72.0 Å². The molecule has 4 heterocycles. The molecule has 3 aromatic carbocycles. The maximum Gasteiger partial charge on any atom is 1.00 e. The Morgan fingerprint density at radius 1 is 0.935 bits per heavy atom. The number of carbonyl (C=O) groups is 3. The van der Waals surface area contributed by atoms with Gasteiger partial charge >= 0.3 is 35.5 Å². The largest absolute Gasteiger partial charge is 1.00 e. The molecule has 3 aliphatic rings. The number of ketones is 1. The third kappa shape index (κ3) is 5.36. The molecule has 10 heteroatoms. The second-order valence-electron chi connectivity index (χ2n) is 12.6. The van der Waals surface area contributed by atoms with E-state index in [1.54, 1.807) is 35.1 Å². The van der Waals surface area contributed by atoms with Crippen molar-refractivity contribution in [2.75, 3.05) is 13.1 Å². The van der Waals surface area contributed by atoms with Crippen LogP contribution in [0.25, 0.3) is 33.2 Å². The molecule has 2 aliphatic heterocycles. The molecule has 1 amide bonds. The Hall–Kier alpha value is -4.18. The number of piperidine rings is 1. The molecule has 1 N–H and O–H groups in total. The number of aryl methyl sites for hydroxylation is 1. The normalized spacial score (nSPS) is 17.0. The van der Waals surface area contributed by atoms with Crippen molar-refractivity contribution in [1.29, 1.82) is 0 Å². The number of hydrogen-bond donors (Lipinski definition) is 1. The summed E-state index contributed by atoms with van der Waals surface area (Å²) in [6.07, 6.45) is 9.45. The fourth-order valence-corrected chi connectivity index (χ4v) is 6.91. The number of amides is 1. The van der Waals surface area contributed by atoms with Gasteiger partial charge in [-0.1, -0.05) is 18.2 Å². The van der Waals surface area contributed by atoms with Crippen LogP contribution >= 0.6 is 0 Å². The standard InChI is InChI=1S/C36H32N4O5.Na.H/c1-38-21-26(20-37-38)24-6-9-33-30(16-24)32(41)19-36(45-33)11-14-39(15-12-36)34(42)25-17-29(22-2-4-23(5-3-22)35(43)44)28-10-13-40(27-7-8-27)31(28)18-25;;/h2-6,9-10,13,16-18,20-21,27H,7-8,11-12,14-15,19H2,1H3,(H,43,44);;/q;+1;-1. The zero-order valence-corrected chi connectivity index (χ0v) is 27.9. The summed E-state index contributed by atoms with van der Waals surface area (Å²) in [6, 6.07) is 19.0. The number of carboxylic acids is 1. The SMILES string of the molecule is Cn1cc(-c2ccc3c(c2)C(=O)CC2(CCN(C(=O)c4cc(-c5ccc(C(=O)O)cc5)c5ccn(C6CC6)c5c4)CC2)O3)cn1.[H-].[Na+]. The molecule has 228 valence electrons. The van der Waals surface area contributed by atoms with E-state index in [-0.39, 0.29) is 54.7 Å². The summed E-state index contributed by atoms with van der Waals surface area (Å²) in [5.74, 6) is -0.363. The molecule has 5 aromatic rings. The van der Waals surface area contributed by atoms with Crippen molar-refractivity contribution in [1.82, 2.24) is 19.2 Å². The van der Waals surface area contributed by atoms with Crippen LogP contribution in [0.3, 0.4) is 0 Å². The third-order valence-electron chi connectivity index (χ3n) is 9.56. The number of rotatable bonds is 5. The van der Waals surface area contributed by atoms with Crippen LogP contribution in [0.1, 0.15) is 70.6 Å². The zero-order chi connectivity index (χ0) is 30.9. The van der Waals surface area contributed by atoms with Gasteiger partial charge in [0.2, 0.25) is 0 Å². The number of Topliss-reactive ketones (excluding diaryl/α,β-unsaturated/α-hetero) is 1. The van der Waals surface area contributed by atoms with Crippen LogP contribution in [-0.2, 0) is 7.05 Å². The molecule has 46 heavy (non-hydrogen) atoms. The number of aromatic nitrogens is 3. The average molecular weight is 625 g/mol. The molecule has 0 bridgehead atoms. The van der Waals surface area contributed by atoms with E-state index in [9.17, 15) is 19.5 Å². The molecular weight excluding hydrogens is 591 g/mol. The van der Waals surface area contributed by atoms with Crippen molar-refractivity contribution in [2.24, 2.45) is 7.05 Å². The van der Waals surface area contributed by atoms with Crippen molar-refractivity contribution < 1.29 is 55.2 Å². The van der Waals surface area contributed by atoms with Gasteiger partial charge in [-0.2, -0.15) is 5.10 Å². The topological polar surface area (TPSA) is 107 Å². The fourth-order valence-electron chi connectivity index (χ4n) is 6.91. The van der Waals surface area contributed by atoms with Crippen molar-refractivity contribution in [3.8, 4) is 28.0 Å². The summed E-state index contributed by atoms with van der Waals surface area (Å²) < 4.78 is 10.5. The molecule has 1 saturated heterocycles. The number of benzene rings is 3. The summed E-state index contributed by atoms with van der Waals surface area (Å²) in [6.45, 7) is 0.971. The molecule has 2 aromatic heterocycles. The maximum absolute atomic E-state index is 14.0. The Bertz CT molecular complexity index is 2020. The fraction of sp³-hybridized carbons (Fsp3) is 0.278. The Balaban J connectivity index is 0.00000193. The van der Waals surface area contributed by atoms with Gasteiger partial charge in [-0.25, -0.2) is 4.79 Å². The first-order chi connectivity index (χ1) is 21.8. The average Bonchev–Trinajstić information content (AvgIpc) is 3.65. The number of fused-ring (bicyclic) bond motifs is 2. The molecule has 0 radical (unpaired) electrons. The van der Waals surface area contributed by atoms with Gasteiger partial charge in [0.25, 0.3) is 5.91 Å². The predicted octanol–water partition coefficient (Wildman–Crippen LogP) is 3.50. The Morgan fingerprint density at radius 3 is 2.35 bits per heavy atom. The van der Waals surface area contributed by atoms with Gasteiger partial charge in [0.05, 0.1) is 23.7 Å².